The van der Waals surface area contributed by atoms with Crippen molar-refractivity contribution in [3.8, 4) is 6.07 Å². The van der Waals surface area contributed by atoms with Crippen LogP contribution in [0.2, 0.25) is 0 Å². The van der Waals surface area contributed by atoms with E-state index in [4.69, 9.17) is 5.26 Å². The fourth-order valence-electron chi connectivity index (χ4n) is 2.35. The van der Waals surface area contributed by atoms with E-state index in [0.29, 0.717) is 5.92 Å². The molecule has 1 fully saturated rings. The van der Waals surface area contributed by atoms with Gasteiger partial charge in [-0.25, -0.2) is 0 Å². The second-order valence-electron chi connectivity index (χ2n) is 4.96. The smallest absolute Gasteiger partial charge is 0.101 e. The number of hydrogen-bond donors (Lipinski definition) is 1. The van der Waals surface area contributed by atoms with E-state index in [1.165, 1.54) is 18.5 Å². The van der Waals surface area contributed by atoms with Crippen LogP contribution in [0.25, 0.3) is 0 Å². The Kier molecular flexibility index (Phi) is 3.65. The Morgan fingerprint density at radius 1 is 1.53 bits per heavy atom. The van der Waals surface area contributed by atoms with Gasteiger partial charge in [0.25, 0.3) is 0 Å². The van der Waals surface area contributed by atoms with Gasteiger partial charge in [0.1, 0.15) is 6.07 Å². The number of nitrogens with zero attached hydrogens (tertiary/aromatic N) is 2. The summed E-state index contributed by atoms with van der Waals surface area (Å²) in [6.45, 7) is 5.35. The van der Waals surface area contributed by atoms with E-state index in [1.807, 2.05) is 12.1 Å². The van der Waals surface area contributed by atoms with Crippen LogP contribution in [-0.2, 0) is 0 Å². The monoisotopic (exact) mass is 229 g/mol. The van der Waals surface area contributed by atoms with Crippen LogP contribution < -0.4 is 5.32 Å². The van der Waals surface area contributed by atoms with Crippen molar-refractivity contribution in [1.29, 1.82) is 5.26 Å². The highest BCUT2D eigenvalue weighted by molar-refractivity contribution is 5.58. The maximum Gasteiger partial charge on any atom is 0.101 e. The quantitative estimate of drug-likeness (QED) is 0.864. The Bertz CT molecular complexity index is 434. The molecule has 1 aliphatic rings. The molecule has 3 heteroatoms. The van der Waals surface area contributed by atoms with Crippen LogP contribution in [0.4, 0.5) is 5.69 Å². The van der Waals surface area contributed by atoms with E-state index in [9.17, 15) is 0 Å². The predicted molar refractivity (Wildman–Crippen MR) is 70.0 cm³/mol. The molecule has 0 spiro atoms. The Morgan fingerprint density at radius 2 is 2.35 bits per heavy atom. The molecular formula is C14H19N3. The third-order valence-corrected chi connectivity index (χ3v) is 3.37. The van der Waals surface area contributed by atoms with Crippen molar-refractivity contribution in [2.24, 2.45) is 5.92 Å². The summed E-state index contributed by atoms with van der Waals surface area (Å²) in [6.07, 6.45) is 1.25. The molecule has 1 aromatic carbocycles. The zero-order valence-electron chi connectivity index (χ0n) is 10.5. The van der Waals surface area contributed by atoms with Crippen LogP contribution in [-0.4, -0.2) is 31.6 Å². The second kappa shape index (κ2) is 5.20. The lowest BCUT2D eigenvalue weighted by Crippen LogP contribution is -2.19. The van der Waals surface area contributed by atoms with Gasteiger partial charge in [-0.1, -0.05) is 6.07 Å². The first kappa shape index (κ1) is 11.9. The number of rotatable bonds is 3. The van der Waals surface area contributed by atoms with Crippen molar-refractivity contribution >= 4 is 5.69 Å². The van der Waals surface area contributed by atoms with Gasteiger partial charge in [0.2, 0.25) is 0 Å². The fraction of sp³-hybridized carbons (Fsp3) is 0.500. The van der Waals surface area contributed by atoms with Crippen molar-refractivity contribution in [1.82, 2.24) is 4.90 Å². The molecule has 0 radical (unpaired) electrons. The summed E-state index contributed by atoms with van der Waals surface area (Å²) < 4.78 is 0. The summed E-state index contributed by atoms with van der Waals surface area (Å²) in [5, 5.41) is 12.5. The molecule has 1 saturated heterocycles. The van der Waals surface area contributed by atoms with Gasteiger partial charge in [-0.3, -0.25) is 0 Å². The maximum absolute atomic E-state index is 9.05. The normalized spacial score (nSPS) is 20.2. The molecule has 1 atom stereocenters. The highest BCUT2D eigenvalue weighted by Gasteiger charge is 2.19. The molecule has 2 rings (SSSR count). The molecule has 90 valence electrons. The van der Waals surface area contributed by atoms with E-state index in [2.05, 4.69) is 36.3 Å². The van der Waals surface area contributed by atoms with Gasteiger partial charge in [-0.05, 0) is 50.6 Å². The van der Waals surface area contributed by atoms with Crippen molar-refractivity contribution in [3.05, 3.63) is 29.3 Å². The predicted octanol–water partition coefficient (Wildman–Crippen LogP) is 2.23. The Hall–Kier alpha value is -1.53. The highest BCUT2D eigenvalue weighted by atomic mass is 15.1. The van der Waals surface area contributed by atoms with Gasteiger partial charge in [0.15, 0.2) is 0 Å². The molecule has 0 aromatic heterocycles. The van der Waals surface area contributed by atoms with Gasteiger partial charge in [0, 0.05) is 13.1 Å². The van der Waals surface area contributed by atoms with Gasteiger partial charge < -0.3 is 10.2 Å². The minimum atomic E-state index is 0.701. The SMILES string of the molecule is Cc1ccc(C#N)c(NCC2CCN(C)C2)c1. The lowest BCUT2D eigenvalue weighted by molar-refractivity contribution is 0.399. The summed E-state index contributed by atoms with van der Waals surface area (Å²) in [7, 11) is 2.16. The molecule has 1 heterocycles. The van der Waals surface area contributed by atoms with Crippen molar-refractivity contribution < 1.29 is 0 Å². The van der Waals surface area contributed by atoms with Gasteiger partial charge in [-0.2, -0.15) is 5.26 Å². The first-order valence-electron chi connectivity index (χ1n) is 6.12. The third kappa shape index (κ3) is 2.98. The molecule has 1 aromatic rings. The Balaban J connectivity index is 1.99. The Labute approximate surface area is 103 Å². The van der Waals surface area contributed by atoms with Gasteiger partial charge in [0.05, 0.1) is 11.3 Å². The summed E-state index contributed by atoms with van der Waals surface area (Å²) in [5.74, 6) is 0.701. The minimum absolute atomic E-state index is 0.701. The number of anilines is 1. The number of benzene rings is 1. The van der Waals surface area contributed by atoms with Crippen LogP contribution in [0.1, 0.15) is 17.5 Å². The number of hydrogen-bond acceptors (Lipinski definition) is 3. The number of nitrogens with one attached hydrogen (secondary N) is 1. The van der Waals surface area contributed by atoms with E-state index in [-0.39, 0.29) is 0 Å². The van der Waals surface area contributed by atoms with Gasteiger partial charge in [-0.15, -0.1) is 0 Å². The fourth-order valence-corrected chi connectivity index (χ4v) is 2.35. The number of aryl methyl sites for hydroxylation is 1. The third-order valence-electron chi connectivity index (χ3n) is 3.37. The zero-order chi connectivity index (χ0) is 12.3. The van der Waals surface area contributed by atoms with E-state index in [0.717, 1.165) is 24.3 Å². The number of likely N-dealkylation sites (tertiary alicyclic amines) is 1. The van der Waals surface area contributed by atoms with Crippen molar-refractivity contribution in [2.45, 2.75) is 13.3 Å². The zero-order valence-corrected chi connectivity index (χ0v) is 10.5. The maximum atomic E-state index is 9.05. The average Bonchev–Trinajstić information content (AvgIpc) is 2.73. The Morgan fingerprint density at radius 3 is 3.00 bits per heavy atom. The molecule has 1 unspecified atom stereocenters. The number of nitriles is 1. The summed E-state index contributed by atoms with van der Waals surface area (Å²) >= 11 is 0. The molecule has 0 bridgehead atoms. The molecule has 3 nitrogen and oxygen atoms in total. The van der Waals surface area contributed by atoms with E-state index in [1.54, 1.807) is 0 Å². The first-order chi connectivity index (χ1) is 8.19. The van der Waals surface area contributed by atoms with Crippen molar-refractivity contribution in [2.75, 3.05) is 32.0 Å². The van der Waals surface area contributed by atoms with Gasteiger partial charge >= 0.3 is 0 Å². The average molecular weight is 229 g/mol. The summed E-state index contributed by atoms with van der Waals surface area (Å²) in [4.78, 5) is 2.35. The van der Waals surface area contributed by atoms with Crippen LogP contribution in [0, 0.1) is 24.2 Å². The molecule has 0 aliphatic carbocycles. The molecule has 0 amide bonds. The first-order valence-corrected chi connectivity index (χ1v) is 6.12. The highest BCUT2D eigenvalue weighted by Crippen LogP contribution is 2.19. The van der Waals surface area contributed by atoms with Crippen LogP contribution in [0.15, 0.2) is 18.2 Å². The summed E-state index contributed by atoms with van der Waals surface area (Å²) in [5.41, 5.74) is 2.90. The van der Waals surface area contributed by atoms with Crippen LogP contribution >= 0.6 is 0 Å². The molecule has 0 saturated carbocycles. The molecular weight excluding hydrogens is 210 g/mol. The molecule has 1 aliphatic heterocycles. The summed E-state index contributed by atoms with van der Waals surface area (Å²) in [6, 6.07) is 8.15. The van der Waals surface area contributed by atoms with E-state index >= 15 is 0 Å². The van der Waals surface area contributed by atoms with E-state index < -0.39 is 0 Å². The minimum Gasteiger partial charge on any atom is -0.384 e. The van der Waals surface area contributed by atoms with Crippen LogP contribution in [0.5, 0.6) is 0 Å². The molecule has 17 heavy (non-hydrogen) atoms. The van der Waals surface area contributed by atoms with Crippen molar-refractivity contribution in [3.63, 3.8) is 0 Å². The largest absolute Gasteiger partial charge is 0.384 e. The lowest BCUT2D eigenvalue weighted by atomic mass is 10.1. The lowest BCUT2D eigenvalue weighted by Gasteiger charge is -2.14. The topological polar surface area (TPSA) is 39.1 Å². The van der Waals surface area contributed by atoms with Crippen LogP contribution in [0.3, 0.4) is 0 Å². The second-order valence-corrected chi connectivity index (χ2v) is 4.96. The molecule has 1 N–H and O–H groups in total. The standard InChI is InChI=1S/C14H19N3/c1-11-3-4-13(8-15)14(7-11)16-9-12-5-6-17(2)10-12/h3-4,7,12,16H,5-6,9-10H2,1-2H3.